The molecular weight excluding hydrogens is 373 g/mol. The molecule has 0 saturated carbocycles. The number of anilines is 1. The number of hydrogen-bond donors (Lipinski definition) is 1. The Morgan fingerprint density at radius 1 is 1.53 bits per heavy atom. The quantitative estimate of drug-likeness (QED) is 0.830. The molecular formula is C10H9ClIN3OS. The number of methoxy groups -OCH3 is 1. The van der Waals surface area contributed by atoms with Gasteiger partial charge in [0.1, 0.15) is 5.82 Å². The van der Waals surface area contributed by atoms with E-state index in [-0.39, 0.29) is 0 Å². The molecule has 0 bridgehead atoms. The van der Waals surface area contributed by atoms with Crippen molar-refractivity contribution in [2.45, 2.75) is 6.61 Å². The van der Waals surface area contributed by atoms with Crippen LogP contribution in [-0.4, -0.2) is 17.1 Å². The highest BCUT2D eigenvalue weighted by molar-refractivity contribution is 14.1. The van der Waals surface area contributed by atoms with Crippen LogP contribution < -0.4 is 5.73 Å². The number of hydrogen-bond acceptors (Lipinski definition) is 5. The molecule has 17 heavy (non-hydrogen) atoms. The fraction of sp³-hybridized carbons (Fsp3) is 0.200. The number of thiophene rings is 1. The van der Waals surface area contributed by atoms with E-state index in [0.29, 0.717) is 23.3 Å². The summed E-state index contributed by atoms with van der Waals surface area (Å²) in [6.07, 6.45) is 0. The molecule has 7 heteroatoms. The molecule has 2 N–H and O–H groups in total. The zero-order valence-electron chi connectivity index (χ0n) is 8.91. The first-order chi connectivity index (χ1) is 8.11. The van der Waals surface area contributed by atoms with Crippen LogP contribution in [0.1, 0.15) is 5.69 Å². The largest absolute Gasteiger partial charge is 0.383 e. The van der Waals surface area contributed by atoms with E-state index in [1.165, 1.54) is 11.3 Å². The maximum atomic E-state index is 5.88. The normalized spacial score (nSPS) is 10.8. The third-order valence-corrected chi connectivity index (χ3v) is 4.46. The van der Waals surface area contributed by atoms with Crippen LogP contribution in [0.3, 0.4) is 0 Å². The molecule has 0 amide bonds. The highest BCUT2D eigenvalue weighted by atomic mass is 127. The fourth-order valence-corrected chi connectivity index (χ4v) is 2.69. The summed E-state index contributed by atoms with van der Waals surface area (Å²) in [4.78, 5) is 9.59. The number of nitrogen functional groups attached to an aromatic ring is 1. The van der Waals surface area contributed by atoms with E-state index in [0.717, 1.165) is 14.1 Å². The van der Waals surface area contributed by atoms with E-state index >= 15 is 0 Å². The van der Waals surface area contributed by atoms with Gasteiger partial charge in [0.05, 0.1) is 25.8 Å². The molecule has 0 saturated heterocycles. The minimum absolute atomic E-state index is 0.414. The van der Waals surface area contributed by atoms with Crippen molar-refractivity contribution < 1.29 is 4.74 Å². The Hall–Kier alpha value is -0.440. The molecule has 2 heterocycles. The molecule has 4 nitrogen and oxygen atoms in total. The summed E-state index contributed by atoms with van der Waals surface area (Å²) in [6.45, 7) is 0.414. The summed E-state index contributed by atoms with van der Waals surface area (Å²) in [5, 5.41) is 2.52. The Balaban J connectivity index is 2.48. The number of nitrogens with two attached hydrogens (primary N) is 1. The van der Waals surface area contributed by atoms with Crippen molar-refractivity contribution in [2.75, 3.05) is 12.8 Å². The van der Waals surface area contributed by atoms with Crippen LogP contribution in [0.2, 0.25) is 5.02 Å². The van der Waals surface area contributed by atoms with Crippen molar-refractivity contribution in [3.05, 3.63) is 25.7 Å². The van der Waals surface area contributed by atoms with Crippen LogP contribution in [0.25, 0.3) is 10.7 Å². The minimum atomic E-state index is 0.414. The van der Waals surface area contributed by atoms with Crippen LogP contribution in [-0.2, 0) is 11.3 Å². The summed E-state index contributed by atoms with van der Waals surface area (Å²) in [6, 6.07) is 1.82. The maximum Gasteiger partial charge on any atom is 0.172 e. The predicted molar refractivity (Wildman–Crippen MR) is 78.2 cm³/mol. The first-order valence-corrected chi connectivity index (χ1v) is 7.00. The molecule has 0 radical (unpaired) electrons. The number of nitrogens with zero attached hydrogens (tertiary/aromatic N) is 2. The molecule has 0 aliphatic heterocycles. The second-order valence-electron chi connectivity index (χ2n) is 3.26. The molecule has 90 valence electrons. The monoisotopic (exact) mass is 381 g/mol. The Morgan fingerprint density at radius 3 is 2.88 bits per heavy atom. The van der Waals surface area contributed by atoms with Gasteiger partial charge < -0.3 is 10.5 Å². The summed E-state index contributed by atoms with van der Waals surface area (Å²) < 4.78 is 5.92. The van der Waals surface area contributed by atoms with Gasteiger partial charge in [-0.1, -0.05) is 11.6 Å². The van der Waals surface area contributed by atoms with Gasteiger partial charge in [-0.3, -0.25) is 0 Å². The lowest BCUT2D eigenvalue weighted by Gasteiger charge is -2.07. The number of ether oxygens (including phenoxy) is 1. The van der Waals surface area contributed by atoms with Crippen LogP contribution in [0.5, 0.6) is 0 Å². The molecule has 0 aromatic carbocycles. The van der Waals surface area contributed by atoms with E-state index in [1.54, 1.807) is 7.11 Å². The Bertz CT molecular complexity index is 546. The molecule has 0 fully saturated rings. The minimum Gasteiger partial charge on any atom is -0.383 e. The van der Waals surface area contributed by atoms with Crippen molar-refractivity contribution in [1.82, 2.24) is 9.97 Å². The first-order valence-electron chi connectivity index (χ1n) is 4.67. The standard InChI is InChI=1S/C10H9ClIN3OS/c1-16-3-6-8(12)9(13)15-10(14-6)7-2-5(11)4-17-7/h2,4H,3H2,1H3,(H2,13,14,15). The van der Waals surface area contributed by atoms with Gasteiger partial charge >= 0.3 is 0 Å². The van der Waals surface area contributed by atoms with Crippen LogP contribution in [0.15, 0.2) is 11.4 Å². The molecule has 0 atom stereocenters. The van der Waals surface area contributed by atoms with Crippen LogP contribution in [0.4, 0.5) is 5.82 Å². The predicted octanol–water partition coefficient (Wildman–Crippen LogP) is 3.19. The number of halogens is 2. The van der Waals surface area contributed by atoms with E-state index in [1.807, 2.05) is 11.4 Å². The molecule has 2 aromatic heterocycles. The maximum absolute atomic E-state index is 5.88. The zero-order chi connectivity index (χ0) is 12.4. The molecule has 0 aliphatic carbocycles. The average Bonchev–Trinajstić information content (AvgIpc) is 2.71. The SMILES string of the molecule is COCc1nc(-c2cc(Cl)cs2)nc(N)c1I. The van der Waals surface area contributed by atoms with Gasteiger partial charge in [-0.05, 0) is 28.7 Å². The highest BCUT2D eigenvalue weighted by Crippen LogP contribution is 2.29. The number of rotatable bonds is 3. The van der Waals surface area contributed by atoms with Crippen molar-refractivity contribution in [3.63, 3.8) is 0 Å². The second kappa shape index (κ2) is 5.47. The van der Waals surface area contributed by atoms with Gasteiger partial charge in [-0.15, -0.1) is 11.3 Å². The smallest absolute Gasteiger partial charge is 0.172 e. The molecule has 0 aliphatic rings. The van der Waals surface area contributed by atoms with Crippen molar-refractivity contribution in [2.24, 2.45) is 0 Å². The lowest BCUT2D eigenvalue weighted by Crippen LogP contribution is -2.05. The molecule has 0 unspecified atom stereocenters. The third kappa shape index (κ3) is 2.87. The fourth-order valence-electron chi connectivity index (χ4n) is 1.29. The third-order valence-electron chi connectivity index (χ3n) is 2.01. The van der Waals surface area contributed by atoms with Gasteiger partial charge in [-0.2, -0.15) is 0 Å². The summed E-state index contributed by atoms with van der Waals surface area (Å²) in [7, 11) is 1.62. The lowest BCUT2D eigenvalue weighted by atomic mass is 10.3. The van der Waals surface area contributed by atoms with Crippen molar-refractivity contribution >= 4 is 51.3 Å². The van der Waals surface area contributed by atoms with Crippen molar-refractivity contribution in [1.29, 1.82) is 0 Å². The average molecular weight is 382 g/mol. The zero-order valence-corrected chi connectivity index (χ0v) is 12.6. The van der Waals surface area contributed by atoms with E-state index in [9.17, 15) is 0 Å². The van der Waals surface area contributed by atoms with Gasteiger partial charge in [0, 0.05) is 12.5 Å². The number of aromatic nitrogens is 2. The van der Waals surface area contributed by atoms with E-state index in [2.05, 4.69) is 32.6 Å². The Kier molecular flexibility index (Phi) is 4.18. The Labute approximate surface area is 121 Å². The molecule has 0 spiro atoms. The first kappa shape index (κ1) is 13.0. The van der Waals surface area contributed by atoms with E-state index in [4.69, 9.17) is 22.1 Å². The molecule has 2 aromatic rings. The topological polar surface area (TPSA) is 61.0 Å². The van der Waals surface area contributed by atoms with Gasteiger partial charge in [0.25, 0.3) is 0 Å². The second-order valence-corrected chi connectivity index (χ2v) is 5.68. The Morgan fingerprint density at radius 2 is 2.29 bits per heavy atom. The van der Waals surface area contributed by atoms with Gasteiger partial charge in [-0.25, -0.2) is 9.97 Å². The molecule has 2 rings (SSSR count). The van der Waals surface area contributed by atoms with E-state index < -0.39 is 0 Å². The summed E-state index contributed by atoms with van der Waals surface area (Å²) in [5.41, 5.74) is 6.65. The summed E-state index contributed by atoms with van der Waals surface area (Å²) >= 11 is 9.48. The summed E-state index contributed by atoms with van der Waals surface area (Å²) in [5.74, 6) is 1.05. The van der Waals surface area contributed by atoms with Crippen LogP contribution in [0, 0.1) is 3.57 Å². The van der Waals surface area contributed by atoms with Gasteiger partial charge in [0.15, 0.2) is 5.82 Å². The van der Waals surface area contributed by atoms with Crippen LogP contribution >= 0.6 is 45.5 Å². The lowest BCUT2D eigenvalue weighted by molar-refractivity contribution is 0.181. The highest BCUT2D eigenvalue weighted by Gasteiger charge is 2.12. The van der Waals surface area contributed by atoms with Gasteiger partial charge in [0.2, 0.25) is 0 Å². The van der Waals surface area contributed by atoms with Crippen molar-refractivity contribution in [3.8, 4) is 10.7 Å².